The Morgan fingerprint density at radius 3 is 1.31 bits per heavy atom. The highest BCUT2D eigenvalue weighted by atomic mass is 35.5. The van der Waals surface area contributed by atoms with Crippen LogP contribution in [-0.2, 0) is 0 Å². The lowest BCUT2D eigenvalue weighted by atomic mass is 10.2. The second kappa shape index (κ2) is 3.49. The van der Waals surface area contributed by atoms with Crippen molar-refractivity contribution in [3.05, 3.63) is 40.5 Å². The smallest absolute Gasteiger partial charge is 0.200 e. The van der Waals surface area contributed by atoms with Crippen LogP contribution in [0.3, 0.4) is 0 Å². The number of halogens is 6. The molecule has 0 aliphatic heterocycles. The minimum atomic E-state index is -2.22. The summed E-state index contributed by atoms with van der Waals surface area (Å²) in [6.07, 6.45) is 0. The van der Waals surface area contributed by atoms with E-state index < -0.39 is 34.6 Å². The minimum Gasteiger partial charge on any atom is -0.203 e. The molecule has 2 radical (unpaired) electrons. The molecular formula is C7ClF5. The van der Waals surface area contributed by atoms with E-state index in [0.29, 0.717) is 0 Å². The van der Waals surface area contributed by atoms with Crippen molar-refractivity contribution in [2.24, 2.45) is 0 Å². The normalized spacial score (nSPS) is 10.6. The Balaban J connectivity index is 3.56. The number of benzene rings is 1. The Morgan fingerprint density at radius 1 is 0.692 bits per heavy atom. The Bertz CT molecular complexity index is 320. The van der Waals surface area contributed by atoms with Gasteiger partial charge >= 0.3 is 0 Å². The average Bonchev–Trinajstić information content (AvgIpc) is 2.13. The third kappa shape index (κ3) is 1.48. The Labute approximate surface area is 74.9 Å². The molecule has 0 N–H and O–H groups in total. The fourth-order valence-electron chi connectivity index (χ4n) is 0.688. The summed E-state index contributed by atoms with van der Waals surface area (Å²) in [4.78, 5) is 0. The molecular weight excluding hydrogens is 215 g/mol. The van der Waals surface area contributed by atoms with Gasteiger partial charge in [0.1, 0.15) is 5.88 Å². The first-order chi connectivity index (χ1) is 6.00. The molecule has 0 aromatic heterocycles. The maximum atomic E-state index is 12.5. The van der Waals surface area contributed by atoms with E-state index in [9.17, 15) is 22.0 Å². The molecule has 1 aromatic carbocycles. The van der Waals surface area contributed by atoms with Gasteiger partial charge in [-0.25, -0.2) is 22.0 Å². The molecule has 13 heavy (non-hydrogen) atoms. The topological polar surface area (TPSA) is 0 Å². The van der Waals surface area contributed by atoms with Gasteiger partial charge in [0.05, 0.1) is 5.56 Å². The maximum absolute atomic E-state index is 12.5. The summed E-state index contributed by atoms with van der Waals surface area (Å²) in [7, 11) is 0. The lowest BCUT2D eigenvalue weighted by molar-refractivity contribution is 0.375. The molecule has 0 heterocycles. The summed E-state index contributed by atoms with van der Waals surface area (Å²) in [5.74, 6) is -8.94. The zero-order chi connectivity index (χ0) is 10.2. The molecule has 0 bridgehead atoms. The molecule has 0 saturated carbocycles. The van der Waals surface area contributed by atoms with E-state index in [1.807, 2.05) is 0 Å². The summed E-state index contributed by atoms with van der Waals surface area (Å²) >= 11 is 4.75. The van der Waals surface area contributed by atoms with Crippen LogP contribution in [0.15, 0.2) is 0 Å². The SMILES string of the molecule is Fc1c(F)c(F)c([C]Cl)c(F)c1F. The molecule has 0 aliphatic rings. The van der Waals surface area contributed by atoms with Gasteiger partial charge in [-0.2, -0.15) is 0 Å². The van der Waals surface area contributed by atoms with Gasteiger partial charge in [0.15, 0.2) is 23.3 Å². The number of hydrogen-bond donors (Lipinski definition) is 0. The van der Waals surface area contributed by atoms with E-state index >= 15 is 0 Å². The molecule has 1 rings (SSSR count). The fraction of sp³-hybridized carbons (Fsp3) is 0. The largest absolute Gasteiger partial charge is 0.203 e. The van der Waals surface area contributed by atoms with Crippen molar-refractivity contribution in [2.75, 3.05) is 0 Å². The van der Waals surface area contributed by atoms with Gasteiger partial charge < -0.3 is 0 Å². The molecule has 0 amide bonds. The molecule has 0 fully saturated rings. The van der Waals surface area contributed by atoms with E-state index in [1.165, 1.54) is 5.88 Å². The first-order valence-electron chi connectivity index (χ1n) is 2.88. The van der Waals surface area contributed by atoms with Gasteiger partial charge in [0, 0.05) is 0 Å². The van der Waals surface area contributed by atoms with Crippen LogP contribution in [0.25, 0.3) is 0 Å². The van der Waals surface area contributed by atoms with Crippen molar-refractivity contribution in [2.45, 2.75) is 0 Å². The molecule has 0 nitrogen and oxygen atoms in total. The zero-order valence-corrected chi connectivity index (χ0v) is 6.52. The molecule has 0 aliphatic carbocycles. The summed E-state index contributed by atoms with van der Waals surface area (Å²) in [5, 5.41) is 0. The standard InChI is InChI=1S/C7ClF5/c8-1-2-3(9)5(11)7(13)6(12)4(2)10. The lowest BCUT2D eigenvalue weighted by Gasteiger charge is -2.03. The molecule has 70 valence electrons. The first kappa shape index (κ1) is 10.2. The molecule has 0 unspecified atom stereocenters. The molecule has 0 saturated heterocycles. The third-order valence-corrected chi connectivity index (χ3v) is 1.49. The molecule has 0 atom stereocenters. The second-order valence-corrected chi connectivity index (χ2v) is 2.23. The lowest BCUT2D eigenvalue weighted by Crippen LogP contribution is -2.04. The summed E-state index contributed by atoms with van der Waals surface area (Å²) in [6.45, 7) is 0. The predicted octanol–water partition coefficient (Wildman–Crippen LogP) is 3.01. The quantitative estimate of drug-likeness (QED) is 0.383. The van der Waals surface area contributed by atoms with Gasteiger partial charge in [-0.05, 0) is 0 Å². The molecule has 0 spiro atoms. The third-order valence-electron chi connectivity index (χ3n) is 1.30. The monoisotopic (exact) mass is 214 g/mol. The van der Waals surface area contributed by atoms with E-state index in [0.717, 1.165) is 0 Å². The van der Waals surface area contributed by atoms with Crippen molar-refractivity contribution in [1.29, 1.82) is 0 Å². The van der Waals surface area contributed by atoms with Crippen LogP contribution in [0.2, 0.25) is 0 Å². The molecule has 1 aromatic rings. The van der Waals surface area contributed by atoms with Crippen LogP contribution in [0.4, 0.5) is 22.0 Å². The summed E-state index contributed by atoms with van der Waals surface area (Å²) < 4.78 is 62.1. The van der Waals surface area contributed by atoms with Crippen LogP contribution in [0, 0.1) is 35.0 Å². The van der Waals surface area contributed by atoms with Crippen LogP contribution in [-0.4, -0.2) is 0 Å². The highest BCUT2D eigenvalue weighted by Gasteiger charge is 2.25. The van der Waals surface area contributed by atoms with E-state index in [4.69, 9.17) is 11.6 Å². The van der Waals surface area contributed by atoms with Gasteiger partial charge in [0.25, 0.3) is 0 Å². The predicted molar refractivity (Wildman–Crippen MR) is 34.4 cm³/mol. The highest BCUT2D eigenvalue weighted by Crippen LogP contribution is 2.24. The van der Waals surface area contributed by atoms with Crippen molar-refractivity contribution >= 4 is 11.6 Å². The summed E-state index contributed by atoms with van der Waals surface area (Å²) in [5.41, 5.74) is -1.27. The van der Waals surface area contributed by atoms with Gasteiger partial charge in [-0.15, -0.1) is 11.6 Å². The van der Waals surface area contributed by atoms with Crippen molar-refractivity contribution < 1.29 is 22.0 Å². The zero-order valence-electron chi connectivity index (χ0n) is 5.77. The van der Waals surface area contributed by atoms with Crippen LogP contribution in [0.1, 0.15) is 5.56 Å². The average molecular weight is 215 g/mol. The minimum absolute atomic E-state index is 1.27. The second-order valence-electron chi connectivity index (χ2n) is 2.04. The first-order valence-corrected chi connectivity index (χ1v) is 3.26. The number of rotatable bonds is 1. The van der Waals surface area contributed by atoms with Crippen molar-refractivity contribution in [3.8, 4) is 0 Å². The van der Waals surface area contributed by atoms with Crippen LogP contribution in [0.5, 0.6) is 0 Å². The van der Waals surface area contributed by atoms with Gasteiger partial charge in [0.2, 0.25) is 5.82 Å². The van der Waals surface area contributed by atoms with E-state index in [-0.39, 0.29) is 0 Å². The van der Waals surface area contributed by atoms with Crippen molar-refractivity contribution in [1.82, 2.24) is 0 Å². The Morgan fingerprint density at radius 2 is 1.00 bits per heavy atom. The van der Waals surface area contributed by atoms with Gasteiger partial charge in [-0.3, -0.25) is 0 Å². The van der Waals surface area contributed by atoms with Crippen molar-refractivity contribution in [3.63, 3.8) is 0 Å². The Kier molecular flexibility index (Phi) is 2.75. The highest BCUT2D eigenvalue weighted by molar-refractivity contribution is 6.25. The molecule has 6 heteroatoms. The maximum Gasteiger partial charge on any atom is 0.200 e. The Hall–Kier alpha value is -0.840. The summed E-state index contributed by atoms with van der Waals surface area (Å²) in [6, 6.07) is 0. The fourth-order valence-corrected chi connectivity index (χ4v) is 0.854. The van der Waals surface area contributed by atoms with Crippen LogP contribution < -0.4 is 0 Å². The number of hydrogen-bond acceptors (Lipinski definition) is 0. The van der Waals surface area contributed by atoms with Gasteiger partial charge in [-0.1, -0.05) is 0 Å². The van der Waals surface area contributed by atoms with Crippen LogP contribution >= 0.6 is 11.6 Å². The van der Waals surface area contributed by atoms with E-state index in [1.54, 1.807) is 0 Å². The van der Waals surface area contributed by atoms with E-state index in [2.05, 4.69) is 0 Å².